The lowest BCUT2D eigenvalue weighted by Crippen LogP contribution is -2.12. The van der Waals surface area contributed by atoms with E-state index in [2.05, 4.69) is 29.6 Å². The lowest BCUT2D eigenvalue weighted by molar-refractivity contribution is 0.395. The van der Waals surface area contributed by atoms with Crippen LogP contribution in [0.25, 0.3) is 11.1 Å². The zero-order chi connectivity index (χ0) is 13.9. The molecule has 2 aromatic rings. The molecule has 20 heavy (non-hydrogen) atoms. The molecule has 0 aliphatic carbocycles. The molecule has 1 aliphatic heterocycles. The SMILES string of the molecule is COc1ccc(-c2cccc3c2CCCN3)c(OC)c1. The maximum Gasteiger partial charge on any atom is 0.130 e. The molecule has 1 heterocycles. The molecular formula is C17H19NO2. The molecule has 0 fully saturated rings. The van der Waals surface area contributed by atoms with Crippen LogP contribution in [0.15, 0.2) is 36.4 Å². The number of methoxy groups -OCH3 is 2. The van der Waals surface area contributed by atoms with E-state index in [1.54, 1.807) is 14.2 Å². The Bertz CT molecular complexity index is 622. The van der Waals surface area contributed by atoms with Crippen molar-refractivity contribution in [3.8, 4) is 22.6 Å². The summed E-state index contributed by atoms with van der Waals surface area (Å²) in [5.41, 5.74) is 4.98. The number of rotatable bonds is 3. The van der Waals surface area contributed by atoms with Gasteiger partial charge in [0, 0.05) is 23.9 Å². The minimum absolute atomic E-state index is 0.813. The highest BCUT2D eigenvalue weighted by Gasteiger charge is 2.16. The molecule has 2 aromatic carbocycles. The topological polar surface area (TPSA) is 30.5 Å². The van der Waals surface area contributed by atoms with E-state index >= 15 is 0 Å². The molecule has 0 saturated carbocycles. The van der Waals surface area contributed by atoms with Gasteiger partial charge < -0.3 is 14.8 Å². The first-order valence-electron chi connectivity index (χ1n) is 6.91. The summed E-state index contributed by atoms with van der Waals surface area (Å²) in [6, 6.07) is 12.4. The minimum atomic E-state index is 0.813. The number of nitrogens with one attached hydrogen (secondary N) is 1. The summed E-state index contributed by atoms with van der Waals surface area (Å²) in [7, 11) is 3.37. The Morgan fingerprint density at radius 1 is 1.00 bits per heavy atom. The first-order chi connectivity index (χ1) is 9.83. The zero-order valence-corrected chi connectivity index (χ0v) is 11.9. The Morgan fingerprint density at radius 2 is 1.90 bits per heavy atom. The third-order valence-corrected chi connectivity index (χ3v) is 3.79. The average molecular weight is 269 g/mol. The van der Waals surface area contributed by atoms with Crippen LogP contribution in [0.2, 0.25) is 0 Å². The fourth-order valence-corrected chi connectivity index (χ4v) is 2.78. The van der Waals surface area contributed by atoms with Crippen molar-refractivity contribution in [1.29, 1.82) is 0 Å². The summed E-state index contributed by atoms with van der Waals surface area (Å²) in [5, 5.41) is 3.47. The van der Waals surface area contributed by atoms with Gasteiger partial charge in [0.2, 0.25) is 0 Å². The highest BCUT2D eigenvalue weighted by molar-refractivity contribution is 5.79. The van der Waals surface area contributed by atoms with Crippen LogP contribution in [0.3, 0.4) is 0 Å². The first kappa shape index (κ1) is 12.9. The molecule has 0 unspecified atom stereocenters. The summed E-state index contributed by atoms with van der Waals surface area (Å²) in [6.07, 6.45) is 2.27. The smallest absolute Gasteiger partial charge is 0.130 e. The molecule has 0 amide bonds. The fourth-order valence-electron chi connectivity index (χ4n) is 2.78. The summed E-state index contributed by atoms with van der Waals surface area (Å²) in [4.78, 5) is 0. The van der Waals surface area contributed by atoms with Gasteiger partial charge in [-0.05, 0) is 42.2 Å². The molecule has 3 rings (SSSR count). The van der Waals surface area contributed by atoms with Crippen molar-refractivity contribution in [1.82, 2.24) is 0 Å². The van der Waals surface area contributed by atoms with Gasteiger partial charge in [0.1, 0.15) is 11.5 Å². The van der Waals surface area contributed by atoms with Gasteiger partial charge in [0.05, 0.1) is 14.2 Å². The summed E-state index contributed by atoms with van der Waals surface area (Å²) in [5.74, 6) is 1.66. The van der Waals surface area contributed by atoms with Crippen molar-refractivity contribution in [2.45, 2.75) is 12.8 Å². The number of ether oxygens (including phenoxy) is 2. The molecule has 0 radical (unpaired) electrons. The van der Waals surface area contributed by atoms with E-state index in [1.807, 2.05) is 12.1 Å². The standard InChI is InChI=1S/C17H19NO2/c1-19-12-8-9-15(17(11-12)20-2)13-5-3-7-16-14(13)6-4-10-18-16/h3,5,7-9,11,18H,4,6,10H2,1-2H3. The van der Waals surface area contributed by atoms with Crippen LogP contribution in [0.5, 0.6) is 11.5 Å². The van der Waals surface area contributed by atoms with Crippen LogP contribution in [0, 0.1) is 0 Å². The second-order valence-electron chi connectivity index (χ2n) is 4.93. The van der Waals surface area contributed by atoms with Crippen molar-refractivity contribution < 1.29 is 9.47 Å². The Balaban J connectivity index is 2.13. The van der Waals surface area contributed by atoms with Gasteiger partial charge in [-0.2, -0.15) is 0 Å². The molecule has 0 atom stereocenters. The Morgan fingerprint density at radius 3 is 2.70 bits per heavy atom. The number of benzene rings is 2. The third-order valence-electron chi connectivity index (χ3n) is 3.79. The van der Waals surface area contributed by atoms with Crippen LogP contribution < -0.4 is 14.8 Å². The highest BCUT2D eigenvalue weighted by atomic mass is 16.5. The van der Waals surface area contributed by atoms with Crippen molar-refractivity contribution in [3.63, 3.8) is 0 Å². The number of hydrogen-bond donors (Lipinski definition) is 1. The van der Waals surface area contributed by atoms with E-state index < -0.39 is 0 Å². The molecule has 1 aliphatic rings. The van der Waals surface area contributed by atoms with Crippen LogP contribution >= 0.6 is 0 Å². The lowest BCUT2D eigenvalue weighted by atomic mass is 9.92. The van der Waals surface area contributed by atoms with E-state index in [0.29, 0.717) is 0 Å². The summed E-state index contributed by atoms with van der Waals surface area (Å²) in [6.45, 7) is 1.05. The van der Waals surface area contributed by atoms with Gasteiger partial charge in [-0.25, -0.2) is 0 Å². The Hall–Kier alpha value is -2.16. The maximum absolute atomic E-state index is 5.53. The van der Waals surface area contributed by atoms with Crippen LogP contribution in [0.1, 0.15) is 12.0 Å². The van der Waals surface area contributed by atoms with E-state index in [1.165, 1.54) is 23.2 Å². The van der Waals surface area contributed by atoms with Gasteiger partial charge >= 0.3 is 0 Å². The van der Waals surface area contributed by atoms with Crippen molar-refractivity contribution in [3.05, 3.63) is 42.0 Å². The van der Waals surface area contributed by atoms with Crippen LogP contribution in [-0.2, 0) is 6.42 Å². The molecule has 0 bridgehead atoms. The van der Waals surface area contributed by atoms with Crippen molar-refractivity contribution >= 4 is 5.69 Å². The number of fused-ring (bicyclic) bond motifs is 1. The number of anilines is 1. The van der Waals surface area contributed by atoms with Crippen LogP contribution in [0.4, 0.5) is 5.69 Å². The lowest BCUT2D eigenvalue weighted by Gasteiger charge is -2.22. The molecular weight excluding hydrogens is 250 g/mol. The summed E-state index contributed by atoms with van der Waals surface area (Å²) < 4.78 is 10.8. The quantitative estimate of drug-likeness (QED) is 0.921. The monoisotopic (exact) mass is 269 g/mol. The number of hydrogen-bond acceptors (Lipinski definition) is 3. The average Bonchev–Trinajstić information content (AvgIpc) is 2.53. The molecule has 3 nitrogen and oxygen atoms in total. The van der Waals surface area contributed by atoms with Gasteiger partial charge in [0.15, 0.2) is 0 Å². The van der Waals surface area contributed by atoms with E-state index in [4.69, 9.17) is 9.47 Å². The minimum Gasteiger partial charge on any atom is -0.497 e. The molecule has 3 heteroatoms. The van der Waals surface area contributed by atoms with Crippen molar-refractivity contribution in [2.75, 3.05) is 26.1 Å². The first-order valence-corrected chi connectivity index (χ1v) is 6.91. The van der Waals surface area contributed by atoms with Crippen molar-refractivity contribution in [2.24, 2.45) is 0 Å². The van der Waals surface area contributed by atoms with E-state index in [0.717, 1.165) is 30.0 Å². The molecule has 104 valence electrons. The Kier molecular flexibility index (Phi) is 3.50. The normalized spacial score (nSPS) is 13.3. The molecule has 0 aromatic heterocycles. The predicted molar refractivity (Wildman–Crippen MR) is 81.8 cm³/mol. The predicted octanol–water partition coefficient (Wildman–Crippen LogP) is 3.73. The van der Waals surface area contributed by atoms with Gasteiger partial charge in [-0.1, -0.05) is 12.1 Å². The Labute approximate surface area is 119 Å². The zero-order valence-electron chi connectivity index (χ0n) is 11.9. The fraction of sp³-hybridized carbons (Fsp3) is 0.294. The molecule has 0 spiro atoms. The van der Waals surface area contributed by atoms with Gasteiger partial charge in [0.25, 0.3) is 0 Å². The third kappa shape index (κ3) is 2.20. The van der Waals surface area contributed by atoms with Gasteiger partial charge in [-0.3, -0.25) is 0 Å². The highest BCUT2D eigenvalue weighted by Crippen LogP contribution is 2.38. The van der Waals surface area contributed by atoms with Crippen LogP contribution in [-0.4, -0.2) is 20.8 Å². The van der Waals surface area contributed by atoms with Gasteiger partial charge in [-0.15, -0.1) is 0 Å². The summed E-state index contributed by atoms with van der Waals surface area (Å²) >= 11 is 0. The largest absolute Gasteiger partial charge is 0.497 e. The maximum atomic E-state index is 5.53. The van der Waals surface area contributed by atoms with E-state index in [-0.39, 0.29) is 0 Å². The molecule has 1 N–H and O–H groups in total. The second-order valence-corrected chi connectivity index (χ2v) is 4.93. The second kappa shape index (κ2) is 5.45. The molecule has 0 saturated heterocycles. The van der Waals surface area contributed by atoms with E-state index in [9.17, 15) is 0 Å².